The molecule has 2 unspecified atom stereocenters. The van der Waals surface area contributed by atoms with E-state index in [1.54, 1.807) is 11.3 Å². The Balaban J connectivity index is 1.86. The molecule has 0 bridgehead atoms. The van der Waals surface area contributed by atoms with Gasteiger partial charge in [-0.15, -0.1) is 11.3 Å². The largest absolute Gasteiger partial charge is 0.369 e. The van der Waals surface area contributed by atoms with Crippen LogP contribution in [0.3, 0.4) is 0 Å². The highest BCUT2D eigenvalue weighted by atomic mass is 35.5. The summed E-state index contributed by atoms with van der Waals surface area (Å²) in [4.78, 5) is 18.5. The fraction of sp³-hybridized carbons (Fsp3) is 0.375. The Kier molecular flexibility index (Phi) is 4.47. The Morgan fingerprint density at radius 1 is 1.45 bits per heavy atom. The molecule has 0 aliphatic carbocycles. The first kappa shape index (κ1) is 15.5. The summed E-state index contributed by atoms with van der Waals surface area (Å²) in [5.74, 6) is -0.269. The van der Waals surface area contributed by atoms with Crippen LogP contribution in [-0.4, -0.2) is 29.4 Å². The van der Waals surface area contributed by atoms with Crippen molar-refractivity contribution in [1.29, 1.82) is 0 Å². The van der Waals surface area contributed by atoms with E-state index in [0.717, 1.165) is 35.7 Å². The minimum Gasteiger partial charge on any atom is -0.369 e. The standard InChI is InChI=1S/C16H18ClN3OS/c1-20-7-6-10(15(18)21)8-14(20)16-19-13(9-22-16)11-4-2-3-5-12(11)17/h2-5,9-10,14H,6-8H2,1H3,(H2,18,21). The normalized spacial score (nSPS) is 22.6. The number of piperidine rings is 1. The highest BCUT2D eigenvalue weighted by Gasteiger charge is 2.32. The Morgan fingerprint density at radius 3 is 2.95 bits per heavy atom. The van der Waals surface area contributed by atoms with E-state index in [4.69, 9.17) is 22.3 Å². The lowest BCUT2D eigenvalue weighted by Crippen LogP contribution is -2.38. The van der Waals surface area contributed by atoms with Gasteiger partial charge >= 0.3 is 0 Å². The number of hydrogen-bond donors (Lipinski definition) is 1. The van der Waals surface area contributed by atoms with Crippen molar-refractivity contribution in [1.82, 2.24) is 9.88 Å². The molecule has 22 heavy (non-hydrogen) atoms. The number of halogens is 1. The Labute approximate surface area is 138 Å². The number of hydrogen-bond acceptors (Lipinski definition) is 4. The molecule has 0 spiro atoms. The summed E-state index contributed by atoms with van der Waals surface area (Å²) in [6, 6.07) is 7.85. The van der Waals surface area contributed by atoms with Gasteiger partial charge in [0.05, 0.1) is 11.7 Å². The molecule has 0 radical (unpaired) electrons. The molecular formula is C16H18ClN3OS. The van der Waals surface area contributed by atoms with Crippen LogP contribution in [0.25, 0.3) is 11.3 Å². The van der Waals surface area contributed by atoms with Crippen molar-refractivity contribution in [2.75, 3.05) is 13.6 Å². The van der Waals surface area contributed by atoms with E-state index in [0.29, 0.717) is 5.02 Å². The molecule has 1 fully saturated rings. The molecule has 1 aliphatic heterocycles. The van der Waals surface area contributed by atoms with Crippen molar-refractivity contribution in [3.63, 3.8) is 0 Å². The van der Waals surface area contributed by atoms with Gasteiger partial charge < -0.3 is 5.73 Å². The molecule has 2 atom stereocenters. The van der Waals surface area contributed by atoms with Gasteiger partial charge in [0.15, 0.2) is 0 Å². The monoisotopic (exact) mass is 335 g/mol. The molecule has 1 amide bonds. The molecule has 6 heteroatoms. The number of primary amides is 1. The third-order valence-corrected chi connectivity index (χ3v) is 5.50. The van der Waals surface area contributed by atoms with Crippen LogP contribution in [0.2, 0.25) is 5.02 Å². The number of amides is 1. The van der Waals surface area contributed by atoms with Crippen LogP contribution in [0, 0.1) is 5.92 Å². The summed E-state index contributed by atoms with van der Waals surface area (Å²) in [5.41, 5.74) is 7.31. The molecule has 116 valence electrons. The second-order valence-corrected chi connectivity index (χ2v) is 6.97. The van der Waals surface area contributed by atoms with Crippen molar-refractivity contribution >= 4 is 28.8 Å². The van der Waals surface area contributed by atoms with Crippen molar-refractivity contribution in [3.8, 4) is 11.3 Å². The van der Waals surface area contributed by atoms with E-state index in [1.165, 1.54) is 0 Å². The number of carbonyl (C=O) groups is 1. The molecule has 1 aromatic heterocycles. The van der Waals surface area contributed by atoms with Crippen LogP contribution in [0.5, 0.6) is 0 Å². The number of likely N-dealkylation sites (tertiary alicyclic amines) is 1. The average molecular weight is 336 g/mol. The number of nitrogens with two attached hydrogens (primary N) is 1. The van der Waals surface area contributed by atoms with E-state index in [2.05, 4.69) is 11.9 Å². The highest BCUT2D eigenvalue weighted by Crippen LogP contribution is 2.37. The van der Waals surface area contributed by atoms with Gasteiger partial charge in [0.2, 0.25) is 5.91 Å². The first-order valence-corrected chi connectivity index (χ1v) is 8.52. The Hall–Kier alpha value is -1.43. The van der Waals surface area contributed by atoms with Crippen molar-refractivity contribution in [2.24, 2.45) is 11.7 Å². The van der Waals surface area contributed by atoms with Crippen LogP contribution in [0.15, 0.2) is 29.6 Å². The smallest absolute Gasteiger partial charge is 0.220 e. The third kappa shape index (κ3) is 3.02. The summed E-state index contributed by atoms with van der Waals surface area (Å²) < 4.78 is 0. The Morgan fingerprint density at radius 2 is 2.23 bits per heavy atom. The lowest BCUT2D eigenvalue weighted by molar-refractivity contribution is -0.123. The van der Waals surface area contributed by atoms with E-state index < -0.39 is 0 Å². The zero-order valence-electron chi connectivity index (χ0n) is 12.3. The number of aromatic nitrogens is 1. The fourth-order valence-electron chi connectivity index (χ4n) is 2.86. The van der Waals surface area contributed by atoms with Crippen molar-refractivity contribution in [3.05, 3.63) is 39.7 Å². The predicted octanol–water partition coefficient (Wildman–Crippen LogP) is 3.33. The maximum Gasteiger partial charge on any atom is 0.220 e. The second-order valence-electron chi connectivity index (χ2n) is 5.67. The highest BCUT2D eigenvalue weighted by molar-refractivity contribution is 7.10. The molecule has 2 N–H and O–H groups in total. The maximum atomic E-state index is 11.5. The zero-order chi connectivity index (χ0) is 15.7. The van der Waals surface area contributed by atoms with Crippen LogP contribution in [-0.2, 0) is 4.79 Å². The molecule has 1 aromatic carbocycles. The van der Waals surface area contributed by atoms with Crippen molar-refractivity contribution < 1.29 is 4.79 Å². The van der Waals surface area contributed by atoms with E-state index in [1.807, 2.05) is 29.6 Å². The maximum absolute atomic E-state index is 11.5. The van der Waals surface area contributed by atoms with Gasteiger partial charge in [0.1, 0.15) is 5.01 Å². The summed E-state index contributed by atoms with van der Waals surface area (Å²) in [7, 11) is 2.07. The third-order valence-electron chi connectivity index (χ3n) is 4.23. The van der Waals surface area contributed by atoms with Gasteiger partial charge in [0, 0.05) is 21.9 Å². The molecule has 2 aromatic rings. The summed E-state index contributed by atoms with van der Waals surface area (Å²) in [6.07, 6.45) is 1.56. The van der Waals surface area contributed by atoms with Gasteiger partial charge in [-0.25, -0.2) is 4.98 Å². The summed E-state index contributed by atoms with van der Waals surface area (Å²) in [6.45, 7) is 0.860. The molecule has 1 saturated heterocycles. The molecule has 4 nitrogen and oxygen atoms in total. The first-order chi connectivity index (χ1) is 10.6. The molecule has 0 saturated carbocycles. The topological polar surface area (TPSA) is 59.2 Å². The van der Waals surface area contributed by atoms with Gasteiger partial charge in [0.25, 0.3) is 0 Å². The van der Waals surface area contributed by atoms with Crippen LogP contribution < -0.4 is 5.73 Å². The number of nitrogens with zero attached hydrogens (tertiary/aromatic N) is 2. The molecule has 2 heterocycles. The van der Waals surface area contributed by atoms with Gasteiger partial charge in [-0.05, 0) is 32.5 Å². The average Bonchev–Trinajstić information content (AvgIpc) is 2.97. The lowest BCUT2D eigenvalue weighted by Gasteiger charge is -2.34. The zero-order valence-corrected chi connectivity index (χ0v) is 13.9. The summed E-state index contributed by atoms with van der Waals surface area (Å²) >= 11 is 7.85. The molecule has 3 rings (SSSR count). The number of rotatable bonds is 3. The van der Waals surface area contributed by atoms with E-state index >= 15 is 0 Å². The van der Waals surface area contributed by atoms with E-state index in [-0.39, 0.29) is 17.9 Å². The Bertz CT molecular complexity index is 688. The predicted molar refractivity (Wildman–Crippen MR) is 89.8 cm³/mol. The van der Waals surface area contributed by atoms with Gasteiger partial charge in [-0.2, -0.15) is 0 Å². The molecular weight excluding hydrogens is 318 g/mol. The number of carbonyl (C=O) groups excluding carboxylic acids is 1. The number of benzene rings is 1. The fourth-order valence-corrected chi connectivity index (χ4v) is 4.09. The minimum atomic E-state index is -0.207. The second kappa shape index (κ2) is 6.36. The number of thiazole rings is 1. The SMILES string of the molecule is CN1CCC(C(N)=O)CC1c1nc(-c2ccccc2Cl)cs1. The van der Waals surface area contributed by atoms with Crippen LogP contribution >= 0.6 is 22.9 Å². The lowest BCUT2D eigenvalue weighted by atomic mass is 9.91. The quantitative estimate of drug-likeness (QED) is 0.936. The van der Waals surface area contributed by atoms with Crippen molar-refractivity contribution in [2.45, 2.75) is 18.9 Å². The summed E-state index contributed by atoms with van der Waals surface area (Å²) in [5, 5.41) is 3.74. The van der Waals surface area contributed by atoms with Gasteiger partial charge in [-0.1, -0.05) is 29.8 Å². The first-order valence-electron chi connectivity index (χ1n) is 7.26. The minimum absolute atomic E-state index is 0.0612. The van der Waals surface area contributed by atoms with Crippen LogP contribution in [0.4, 0.5) is 0 Å². The van der Waals surface area contributed by atoms with Crippen LogP contribution in [0.1, 0.15) is 23.9 Å². The molecule has 1 aliphatic rings. The van der Waals surface area contributed by atoms with E-state index in [9.17, 15) is 4.79 Å². The van der Waals surface area contributed by atoms with Gasteiger partial charge in [-0.3, -0.25) is 9.69 Å².